The fourth-order valence-electron chi connectivity index (χ4n) is 8.83. The van der Waals surface area contributed by atoms with Crippen molar-refractivity contribution in [3.63, 3.8) is 0 Å². The highest BCUT2D eigenvalue weighted by Crippen LogP contribution is 2.59. The van der Waals surface area contributed by atoms with Crippen molar-refractivity contribution in [2.45, 2.75) is 95.6 Å². The minimum absolute atomic E-state index is 0. The second kappa shape index (κ2) is 49.0. The van der Waals surface area contributed by atoms with Crippen molar-refractivity contribution in [2.24, 2.45) is 5.92 Å². The highest BCUT2D eigenvalue weighted by Gasteiger charge is 2.34. The number of carbonyl (C=O) groups is 11. The number of ether oxygens (including phenoxy) is 17. The molecule has 10 rings (SSSR count). The van der Waals surface area contributed by atoms with Gasteiger partial charge in [0.1, 0.15) is 61.2 Å². The molecular weight excluding hydrogens is 1580 g/mol. The van der Waals surface area contributed by atoms with Gasteiger partial charge >= 0.3 is 66.0 Å². The summed E-state index contributed by atoms with van der Waals surface area (Å²) in [6.07, 6.45) is 1.50. The topological polar surface area (TPSA) is 362 Å². The number of fused-ring (bicyclic) bond motifs is 3. The minimum Gasteiger partial charge on any atom is -0.497 e. The number of carbonyl (C=O) groups excluding carboxylic acids is 11. The van der Waals surface area contributed by atoms with E-state index in [2.05, 4.69) is 50.1 Å². The Morgan fingerprint density at radius 3 is 1.23 bits per heavy atom. The van der Waals surface area contributed by atoms with Gasteiger partial charge in [0, 0.05) is 36.3 Å². The number of hydrogen-bond acceptors (Lipinski definition) is 32. The lowest BCUT2D eigenvalue weighted by atomic mass is 10.1. The van der Waals surface area contributed by atoms with Crippen LogP contribution < -0.4 is 47.4 Å². The molecule has 0 fully saturated rings. The lowest BCUT2D eigenvalue weighted by Crippen LogP contribution is -2.15. The van der Waals surface area contributed by atoms with Crippen molar-refractivity contribution >= 4 is 111 Å². The van der Waals surface area contributed by atoms with E-state index in [0.29, 0.717) is 39.1 Å². The summed E-state index contributed by atoms with van der Waals surface area (Å²) in [6.45, 7) is 22.4. The van der Waals surface area contributed by atoms with Crippen LogP contribution in [0, 0.1) is 12.5 Å². The van der Waals surface area contributed by atoms with Crippen molar-refractivity contribution in [1.82, 2.24) is 4.98 Å². The van der Waals surface area contributed by atoms with Gasteiger partial charge in [0.15, 0.2) is 17.6 Å². The first-order valence-corrected chi connectivity index (χ1v) is 34.0. The number of hydrogen-bond donors (Lipinski definition) is 0. The van der Waals surface area contributed by atoms with Crippen LogP contribution in [0.2, 0.25) is 0 Å². The van der Waals surface area contributed by atoms with Crippen LogP contribution >= 0.6 is 34.9 Å². The number of methoxy groups -OCH3 is 1. The van der Waals surface area contributed by atoms with E-state index in [1.165, 1.54) is 133 Å². The first kappa shape index (κ1) is 101. The molecule has 2 aliphatic rings. The van der Waals surface area contributed by atoms with Gasteiger partial charge in [0.2, 0.25) is 27.2 Å². The Morgan fingerprint density at radius 2 is 0.838 bits per heavy atom. The second-order valence-corrected chi connectivity index (χ2v) is 25.1. The van der Waals surface area contributed by atoms with Crippen LogP contribution in [0.25, 0.3) is 15.1 Å². The summed E-state index contributed by atoms with van der Waals surface area (Å²) in [5.74, 6) is -4.38. The van der Waals surface area contributed by atoms with E-state index in [4.69, 9.17) is 73.1 Å². The zero-order valence-corrected chi connectivity index (χ0v) is 59.8. The molecule has 0 N–H and O–H groups in total. The Balaban J connectivity index is 0.00000110. The molecule has 117 heavy (non-hydrogen) atoms. The molecule has 0 radical (unpaired) electrons. The number of aromatic nitrogens is 1. The number of benzene rings is 7. The number of thioether (sulfide) groups is 2. The van der Waals surface area contributed by atoms with Gasteiger partial charge in [0.25, 0.3) is 5.70 Å². The summed E-state index contributed by atoms with van der Waals surface area (Å²) in [4.78, 5) is 143. The molecular formula is C84H90N2O28S3. The predicted octanol–water partition coefficient (Wildman–Crippen LogP) is 18.7. The third-order valence-corrected chi connectivity index (χ3v) is 17.8. The summed E-state index contributed by atoms with van der Waals surface area (Å²) in [5.41, 5.74) is 1.39. The fraction of sp³-hybridized carbons (Fsp3) is 0.226. The van der Waals surface area contributed by atoms with Gasteiger partial charge in [-0.15, -0.1) is 11.3 Å². The third-order valence-electron chi connectivity index (χ3n) is 14.0. The largest absolute Gasteiger partial charge is 0.516 e. The van der Waals surface area contributed by atoms with Gasteiger partial charge in [-0.1, -0.05) is 123 Å². The SMILES string of the molecule is C.C.C.C.C.C.C.C.C=CC(=O)OCOc1ccc(C(=O)Oc2ccc(OC(=O)c3ccc(OCOC(=O)C=C)cc3)c3sc(C4Cc5cc(OC)ccc5O4)nc23)cc1.[C-]#[N+]C(C(=O)OCC(C)C)=C1Sc2c(OC(=O)c3ccc(OC(=O)OCOC(=O)C=C)cc3)ccc(OC(=O)c3ccc(OC(=O)OCOC(=O)C=C)cc3)c2S1. The molecule has 3 heterocycles. The Hall–Kier alpha value is -13.7. The third kappa shape index (κ3) is 28.4. The van der Waals surface area contributed by atoms with Crippen molar-refractivity contribution in [1.29, 1.82) is 0 Å². The molecule has 1 atom stereocenters. The van der Waals surface area contributed by atoms with Gasteiger partial charge in [-0.2, -0.15) is 0 Å². The summed E-state index contributed by atoms with van der Waals surface area (Å²) in [7, 11) is 1.59. The molecule has 2 aliphatic heterocycles. The molecule has 0 saturated heterocycles. The lowest BCUT2D eigenvalue weighted by molar-refractivity contribution is -0.147. The molecule has 8 aromatic rings. The van der Waals surface area contributed by atoms with Gasteiger partial charge < -0.3 is 80.5 Å². The second-order valence-electron chi connectivity index (χ2n) is 21.8. The summed E-state index contributed by atoms with van der Waals surface area (Å²) in [6, 6.07) is 33.7. The van der Waals surface area contributed by atoms with E-state index >= 15 is 0 Å². The van der Waals surface area contributed by atoms with E-state index in [1.807, 2.05) is 26.0 Å². The van der Waals surface area contributed by atoms with Crippen LogP contribution in [0.4, 0.5) is 9.59 Å². The highest BCUT2D eigenvalue weighted by molar-refractivity contribution is 8.24. The average molecular weight is 1670 g/mol. The van der Waals surface area contributed by atoms with Crippen LogP contribution in [0.15, 0.2) is 210 Å². The Bertz CT molecular complexity index is 4680. The molecule has 30 nitrogen and oxygen atoms in total. The monoisotopic (exact) mass is 1670 g/mol. The average Bonchev–Trinajstić information content (AvgIpc) is 1.64. The highest BCUT2D eigenvalue weighted by atomic mass is 32.2. The quantitative estimate of drug-likeness (QED) is 0.00799. The zero-order valence-electron chi connectivity index (χ0n) is 57.4. The van der Waals surface area contributed by atoms with Crippen molar-refractivity contribution in [3.05, 3.63) is 244 Å². The number of nitrogens with zero attached hydrogens (tertiary/aromatic N) is 2. The Kier molecular flexibility index (Phi) is 42.5. The normalized spacial score (nSPS) is 11.1. The van der Waals surface area contributed by atoms with E-state index in [-0.39, 0.29) is 168 Å². The summed E-state index contributed by atoms with van der Waals surface area (Å²) in [5, 5.41) is 0.572. The van der Waals surface area contributed by atoms with E-state index in [1.54, 1.807) is 13.2 Å². The molecule has 1 aromatic heterocycles. The van der Waals surface area contributed by atoms with E-state index < -0.39 is 85.7 Å². The maximum absolute atomic E-state index is 13.3. The number of rotatable bonds is 29. The molecule has 622 valence electrons. The summed E-state index contributed by atoms with van der Waals surface area (Å²) >= 11 is 3.09. The standard InChI is InChI=1S/C38H29NO16S2.C38H29NO12S.8CH4/c1-6-28(40)48-19-50-37(45)52-24-12-8-22(9-13-24)33(42)54-26-16-17-27(32-31(26)56-36(57-32)30(39-5)35(44)47-18-21(3)4)55-34(43)23-10-14-25(15-11-23)53-38(46)51-20-49-29(41)7-2;1-4-32(40)47-20-45-25-10-6-22(7-11-25)37(42)50-29-16-17-30(51-38(43)23-8-12-26(13-9-23)46-21-48-33(41)5-2)35-34(29)39-36(52-35)31-19-24-18-27(44-3)14-15-28(24)49-31;;;;;;;;/h6-17,21H,1-2,18-20H2,3-4H3;4-18,31H,1-2,19-21H2,3H3;8*1H4. The molecule has 1 unspecified atom stereocenters. The first-order valence-electron chi connectivity index (χ1n) is 31.5. The molecule has 0 saturated carbocycles. The van der Waals surface area contributed by atoms with Crippen molar-refractivity contribution < 1.29 is 133 Å². The zero-order chi connectivity index (χ0) is 78.1. The lowest BCUT2D eigenvalue weighted by Gasteiger charge is -2.12. The van der Waals surface area contributed by atoms with Gasteiger partial charge in [-0.3, -0.25) is 4.79 Å². The smallest absolute Gasteiger partial charge is 0.497 e. The van der Waals surface area contributed by atoms with Crippen molar-refractivity contribution in [3.8, 4) is 57.5 Å². The number of thiazole rings is 1. The van der Waals surface area contributed by atoms with Crippen LogP contribution in [0.1, 0.15) is 131 Å². The maximum atomic E-state index is 13.3. The van der Waals surface area contributed by atoms with Crippen LogP contribution in [0.3, 0.4) is 0 Å². The van der Waals surface area contributed by atoms with Crippen LogP contribution in [0.5, 0.6) is 57.5 Å². The molecule has 0 bridgehead atoms. The van der Waals surface area contributed by atoms with Gasteiger partial charge in [-0.05, 0) is 145 Å². The Labute approximate surface area is 689 Å². The van der Waals surface area contributed by atoms with Crippen molar-refractivity contribution in [2.75, 3.05) is 40.9 Å². The molecule has 33 heteroatoms. The minimum atomic E-state index is -1.18. The fourth-order valence-corrected chi connectivity index (χ4v) is 12.4. The van der Waals surface area contributed by atoms with E-state index in [9.17, 15) is 52.7 Å². The summed E-state index contributed by atoms with van der Waals surface area (Å²) < 4.78 is 89.0. The molecule has 0 aliphatic carbocycles. The van der Waals surface area contributed by atoms with Crippen LogP contribution in [-0.2, 0) is 63.6 Å². The number of esters is 9. The van der Waals surface area contributed by atoms with Crippen LogP contribution in [-0.4, -0.2) is 112 Å². The van der Waals surface area contributed by atoms with Gasteiger partial charge in [0.05, 0.1) is 56.6 Å². The Morgan fingerprint density at radius 1 is 0.470 bits per heavy atom. The first-order chi connectivity index (χ1) is 52.5. The van der Waals surface area contributed by atoms with Gasteiger partial charge in [-0.25, -0.2) is 57.8 Å². The molecule has 7 aromatic carbocycles. The molecule has 0 spiro atoms. The predicted molar refractivity (Wildman–Crippen MR) is 437 cm³/mol. The molecule has 0 amide bonds. The maximum Gasteiger partial charge on any atom is 0.516 e. The van der Waals surface area contributed by atoms with E-state index in [0.717, 1.165) is 53.4 Å².